The zero-order valence-corrected chi connectivity index (χ0v) is 16.8. The van der Waals surface area contributed by atoms with E-state index in [0.29, 0.717) is 17.1 Å². The molecule has 1 aromatic carbocycles. The second-order valence-electron chi connectivity index (χ2n) is 6.69. The number of carbonyl (C=O) groups excluding carboxylic acids is 2. The van der Waals surface area contributed by atoms with Crippen LogP contribution in [-0.2, 0) is 4.79 Å². The van der Waals surface area contributed by atoms with Crippen LogP contribution in [0.2, 0.25) is 0 Å². The molecule has 2 aromatic rings. The van der Waals surface area contributed by atoms with Gasteiger partial charge in [0.15, 0.2) is 0 Å². The summed E-state index contributed by atoms with van der Waals surface area (Å²) in [6, 6.07) is 10.6. The molecule has 0 spiro atoms. The van der Waals surface area contributed by atoms with Crippen LogP contribution in [0, 0.1) is 0 Å². The fourth-order valence-electron chi connectivity index (χ4n) is 2.51. The molecule has 1 heterocycles. The summed E-state index contributed by atoms with van der Waals surface area (Å²) in [4.78, 5) is 33.6. The van der Waals surface area contributed by atoms with Gasteiger partial charge in [-0.15, -0.1) is 0 Å². The van der Waals surface area contributed by atoms with E-state index in [1.165, 1.54) is 17.2 Å². The van der Waals surface area contributed by atoms with Gasteiger partial charge in [0.25, 0.3) is 0 Å². The Kier molecular flexibility index (Phi) is 7.53. The number of amides is 3. The second-order valence-corrected chi connectivity index (χ2v) is 6.69. The van der Waals surface area contributed by atoms with Crippen molar-refractivity contribution in [3.05, 3.63) is 53.7 Å². The summed E-state index contributed by atoms with van der Waals surface area (Å²) in [5.41, 5.74) is 13.7. The Balaban J connectivity index is 1.96. The van der Waals surface area contributed by atoms with Crippen molar-refractivity contribution >= 4 is 29.3 Å². The molecule has 1 aromatic heterocycles. The molecule has 2 rings (SSSR count). The van der Waals surface area contributed by atoms with Crippen LogP contribution in [0.1, 0.15) is 30.5 Å². The number of aromatic nitrogens is 1. The number of benzene rings is 1. The molecule has 9 nitrogen and oxygen atoms in total. The van der Waals surface area contributed by atoms with Crippen LogP contribution >= 0.6 is 0 Å². The number of hydrogen-bond acceptors (Lipinski definition) is 5. The molecule has 9 heteroatoms. The van der Waals surface area contributed by atoms with Gasteiger partial charge in [-0.1, -0.05) is 30.3 Å². The van der Waals surface area contributed by atoms with Crippen molar-refractivity contribution in [1.82, 2.24) is 15.2 Å². The number of nitrogens with two attached hydrogens (primary N) is 2. The van der Waals surface area contributed by atoms with Gasteiger partial charge in [-0.2, -0.15) is 0 Å². The van der Waals surface area contributed by atoms with Crippen LogP contribution in [0.5, 0.6) is 0 Å². The minimum atomic E-state index is -0.398. The van der Waals surface area contributed by atoms with Gasteiger partial charge in [0, 0.05) is 38.5 Å². The Morgan fingerprint density at radius 2 is 1.93 bits per heavy atom. The summed E-state index contributed by atoms with van der Waals surface area (Å²) in [6.45, 7) is 2.14. The first-order chi connectivity index (χ1) is 13.8. The van der Waals surface area contributed by atoms with Crippen LogP contribution in [-0.4, -0.2) is 48.3 Å². The molecule has 0 radical (unpaired) electrons. The number of nitrogens with zero attached hydrogens (tertiary/aromatic N) is 3. The van der Waals surface area contributed by atoms with E-state index < -0.39 is 6.03 Å². The van der Waals surface area contributed by atoms with Crippen LogP contribution in [0.15, 0.2) is 47.6 Å². The predicted octanol–water partition coefficient (Wildman–Crippen LogP) is 1.73. The lowest BCUT2D eigenvalue weighted by atomic mass is 10.1. The average molecular weight is 397 g/mol. The molecule has 0 saturated heterocycles. The van der Waals surface area contributed by atoms with E-state index in [4.69, 9.17) is 11.5 Å². The molecule has 0 aliphatic carbocycles. The predicted molar refractivity (Wildman–Crippen MR) is 115 cm³/mol. The first-order valence-electron chi connectivity index (χ1n) is 9.16. The Hall–Kier alpha value is -3.62. The van der Waals surface area contributed by atoms with E-state index in [9.17, 15) is 9.59 Å². The number of aliphatic imine (C=N–C) groups is 1. The molecule has 0 aliphatic rings. The van der Waals surface area contributed by atoms with Crippen molar-refractivity contribution in [2.24, 2.45) is 10.7 Å². The third-order valence-electron chi connectivity index (χ3n) is 4.21. The number of nitrogen functional groups attached to an aromatic ring is 1. The zero-order chi connectivity index (χ0) is 21.4. The molecule has 1 atom stereocenters. The molecule has 0 fully saturated rings. The van der Waals surface area contributed by atoms with Crippen LogP contribution in [0.25, 0.3) is 0 Å². The Bertz CT molecular complexity index is 882. The summed E-state index contributed by atoms with van der Waals surface area (Å²) < 4.78 is 0. The van der Waals surface area contributed by atoms with Crippen molar-refractivity contribution in [1.29, 1.82) is 0 Å². The number of rotatable bonds is 7. The number of urea groups is 1. The molecule has 1 unspecified atom stereocenters. The Morgan fingerprint density at radius 1 is 1.24 bits per heavy atom. The Morgan fingerprint density at radius 3 is 2.55 bits per heavy atom. The fraction of sp³-hybridized carbons (Fsp3) is 0.300. The average Bonchev–Trinajstić information content (AvgIpc) is 2.68. The monoisotopic (exact) mass is 397 g/mol. The minimum absolute atomic E-state index is 0.0389. The van der Waals surface area contributed by atoms with Gasteiger partial charge < -0.3 is 21.7 Å². The SMILES string of the molecule is CC(NC(=O)Nc1cc(N)c(C(N)=NCCC(=O)N(C)C)cn1)c1ccccc1. The fourth-order valence-corrected chi connectivity index (χ4v) is 2.51. The molecule has 0 saturated carbocycles. The highest BCUT2D eigenvalue weighted by atomic mass is 16.2. The van der Waals surface area contributed by atoms with E-state index in [2.05, 4.69) is 20.6 Å². The van der Waals surface area contributed by atoms with E-state index in [1.54, 1.807) is 14.1 Å². The molecule has 0 bridgehead atoms. The van der Waals surface area contributed by atoms with Crippen LogP contribution in [0.4, 0.5) is 16.3 Å². The van der Waals surface area contributed by atoms with Gasteiger partial charge in [-0.25, -0.2) is 9.78 Å². The van der Waals surface area contributed by atoms with Crippen molar-refractivity contribution in [3.8, 4) is 0 Å². The standard InChI is InChI=1S/C20H27N7O2/c1-13(14-7-5-4-6-8-14)25-20(29)26-17-11-16(21)15(12-24-17)19(22)23-10-9-18(28)27(2)3/h4-8,11-13H,9-10H2,1-3H3,(H2,22,23)(H4,21,24,25,26,29). The van der Waals surface area contributed by atoms with Crippen molar-refractivity contribution in [2.45, 2.75) is 19.4 Å². The summed E-state index contributed by atoms with van der Waals surface area (Å²) in [6.07, 6.45) is 1.69. The highest BCUT2D eigenvalue weighted by Gasteiger charge is 2.12. The topological polar surface area (TPSA) is 139 Å². The first-order valence-corrected chi connectivity index (χ1v) is 9.16. The lowest BCUT2D eigenvalue weighted by Crippen LogP contribution is -2.31. The lowest BCUT2D eigenvalue weighted by molar-refractivity contribution is -0.128. The number of pyridine rings is 1. The molecule has 6 N–H and O–H groups in total. The summed E-state index contributed by atoms with van der Waals surface area (Å²) in [7, 11) is 3.36. The number of anilines is 2. The number of amidine groups is 1. The Labute approximate surface area is 170 Å². The van der Waals surface area contributed by atoms with Crippen LogP contribution in [0.3, 0.4) is 0 Å². The maximum Gasteiger partial charge on any atom is 0.320 e. The van der Waals surface area contributed by atoms with Gasteiger partial charge in [0.05, 0.1) is 18.2 Å². The number of carbonyl (C=O) groups is 2. The molecule has 3 amide bonds. The van der Waals surface area contributed by atoms with Gasteiger partial charge in [0.1, 0.15) is 11.7 Å². The van der Waals surface area contributed by atoms with E-state index in [0.717, 1.165) is 5.56 Å². The molecular formula is C20H27N7O2. The van der Waals surface area contributed by atoms with Gasteiger partial charge in [0.2, 0.25) is 5.91 Å². The lowest BCUT2D eigenvalue weighted by Gasteiger charge is -2.15. The van der Waals surface area contributed by atoms with E-state index in [1.807, 2.05) is 37.3 Å². The molecule has 29 heavy (non-hydrogen) atoms. The number of nitrogens with one attached hydrogen (secondary N) is 2. The van der Waals surface area contributed by atoms with Crippen molar-refractivity contribution in [3.63, 3.8) is 0 Å². The van der Waals surface area contributed by atoms with E-state index >= 15 is 0 Å². The van der Waals surface area contributed by atoms with Gasteiger partial charge in [-0.3, -0.25) is 15.1 Å². The van der Waals surface area contributed by atoms with Crippen LogP contribution < -0.4 is 22.1 Å². The number of hydrogen-bond donors (Lipinski definition) is 4. The highest BCUT2D eigenvalue weighted by Crippen LogP contribution is 2.16. The minimum Gasteiger partial charge on any atom is -0.398 e. The van der Waals surface area contributed by atoms with Crippen molar-refractivity contribution < 1.29 is 9.59 Å². The largest absolute Gasteiger partial charge is 0.398 e. The third kappa shape index (κ3) is 6.49. The van der Waals surface area contributed by atoms with E-state index in [-0.39, 0.29) is 30.8 Å². The highest BCUT2D eigenvalue weighted by molar-refractivity contribution is 6.02. The first kappa shape index (κ1) is 21.7. The molecule has 154 valence electrons. The summed E-state index contributed by atoms with van der Waals surface area (Å²) in [5.74, 6) is 0.442. The third-order valence-corrected chi connectivity index (χ3v) is 4.21. The zero-order valence-electron chi connectivity index (χ0n) is 16.8. The normalized spacial score (nSPS) is 12.2. The smallest absolute Gasteiger partial charge is 0.320 e. The van der Waals surface area contributed by atoms with Gasteiger partial charge >= 0.3 is 6.03 Å². The molecular weight excluding hydrogens is 370 g/mol. The molecule has 0 aliphatic heterocycles. The second kappa shape index (κ2) is 10.1. The quantitative estimate of drug-likeness (QED) is 0.416. The summed E-state index contributed by atoms with van der Waals surface area (Å²) >= 11 is 0. The maximum absolute atomic E-state index is 12.2. The summed E-state index contributed by atoms with van der Waals surface area (Å²) in [5, 5.41) is 5.48. The van der Waals surface area contributed by atoms with Crippen molar-refractivity contribution in [2.75, 3.05) is 31.7 Å². The maximum atomic E-state index is 12.2. The van der Waals surface area contributed by atoms with Gasteiger partial charge in [-0.05, 0) is 12.5 Å².